The molecule has 2 aromatic heterocycles. The lowest BCUT2D eigenvalue weighted by Gasteiger charge is -2.36. The number of nitrogens with one attached hydrogen (secondary N) is 1. The summed E-state index contributed by atoms with van der Waals surface area (Å²) in [4.78, 5) is 30.4. The van der Waals surface area contributed by atoms with Crippen molar-refractivity contribution in [2.24, 2.45) is 7.05 Å². The summed E-state index contributed by atoms with van der Waals surface area (Å²) in [6.07, 6.45) is 5.59. The van der Waals surface area contributed by atoms with E-state index in [4.69, 9.17) is 9.72 Å². The van der Waals surface area contributed by atoms with Crippen molar-refractivity contribution in [1.29, 1.82) is 0 Å². The van der Waals surface area contributed by atoms with E-state index in [9.17, 15) is 4.79 Å². The number of hydrogen-bond donors (Lipinski definition) is 1. The number of hydrogen-bond acceptors (Lipinski definition) is 8. The van der Waals surface area contributed by atoms with Gasteiger partial charge in [-0.05, 0) is 37.1 Å². The third kappa shape index (κ3) is 4.28. The standard InChI is InChI=1S/C24H29N7O2/c1-29-23(32)14-20(19-7-8-25-16-27-19)28-24(29)31-12-9-26-21(15-31)18-13-17(5-6-22(18)33-2)30-10-3-4-11-30/h5-8,13-14,16,21,26H,3-4,9-12,15H2,1-2H3. The van der Waals surface area contributed by atoms with Crippen molar-refractivity contribution in [3.05, 3.63) is 58.8 Å². The molecule has 1 unspecified atom stereocenters. The van der Waals surface area contributed by atoms with Crippen LogP contribution in [0.15, 0.2) is 47.7 Å². The van der Waals surface area contributed by atoms with Gasteiger partial charge in [0, 0.05) is 63.3 Å². The third-order valence-corrected chi connectivity index (χ3v) is 6.47. The quantitative estimate of drug-likeness (QED) is 0.635. The predicted molar refractivity (Wildman–Crippen MR) is 128 cm³/mol. The second-order valence-corrected chi connectivity index (χ2v) is 8.51. The van der Waals surface area contributed by atoms with Gasteiger partial charge < -0.3 is 19.9 Å². The third-order valence-electron chi connectivity index (χ3n) is 6.47. The van der Waals surface area contributed by atoms with Crippen molar-refractivity contribution in [3.63, 3.8) is 0 Å². The molecule has 3 aromatic rings. The van der Waals surface area contributed by atoms with Gasteiger partial charge >= 0.3 is 0 Å². The summed E-state index contributed by atoms with van der Waals surface area (Å²) in [6, 6.07) is 9.79. The minimum Gasteiger partial charge on any atom is -0.496 e. The number of nitrogens with zero attached hydrogens (tertiary/aromatic N) is 6. The number of benzene rings is 1. The second kappa shape index (κ2) is 9.19. The van der Waals surface area contributed by atoms with Crippen molar-refractivity contribution >= 4 is 11.6 Å². The van der Waals surface area contributed by atoms with Gasteiger partial charge in [-0.1, -0.05) is 0 Å². The topological polar surface area (TPSA) is 88.4 Å². The minimum atomic E-state index is -0.114. The molecule has 2 aliphatic heterocycles. The molecule has 2 fully saturated rings. The Morgan fingerprint density at radius 3 is 2.67 bits per heavy atom. The Balaban J connectivity index is 1.47. The van der Waals surface area contributed by atoms with Gasteiger partial charge in [0.15, 0.2) is 0 Å². The molecule has 2 saturated heterocycles. The van der Waals surface area contributed by atoms with Crippen LogP contribution in [0.3, 0.4) is 0 Å². The average Bonchev–Trinajstić information content (AvgIpc) is 3.41. The van der Waals surface area contributed by atoms with Crippen LogP contribution in [0.2, 0.25) is 0 Å². The first-order valence-corrected chi connectivity index (χ1v) is 11.4. The molecule has 0 bridgehead atoms. The van der Waals surface area contributed by atoms with Crippen LogP contribution in [-0.4, -0.2) is 59.4 Å². The summed E-state index contributed by atoms with van der Waals surface area (Å²) in [7, 11) is 3.48. The molecule has 1 aromatic carbocycles. The molecule has 172 valence electrons. The van der Waals surface area contributed by atoms with Crippen LogP contribution in [0.5, 0.6) is 5.75 Å². The molecular weight excluding hydrogens is 418 g/mol. The number of ether oxygens (including phenoxy) is 1. The summed E-state index contributed by atoms with van der Waals surface area (Å²) in [5, 5.41) is 3.63. The maximum Gasteiger partial charge on any atom is 0.255 e. The van der Waals surface area contributed by atoms with E-state index >= 15 is 0 Å². The summed E-state index contributed by atoms with van der Waals surface area (Å²) in [5.74, 6) is 1.51. The molecule has 0 spiro atoms. The fraction of sp³-hybridized carbons (Fsp3) is 0.417. The predicted octanol–water partition coefficient (Wildman–Crippen LogP) is 2.00. The van der Waals surface area contributed by atoms with E-state index in [1.165, 1.54) is 30.9 Å². The Labute approximate surface area is 193 Å². The number of rotatable bonds is 5. The first kappa shape index (κ1) is 21.4. The van der Waals surface area contributed by atoms with Gasteiger partial charge in [-0.3, -0.25) is 9.36 Å². The normalized spacial score (nSPS) is 18.5. The largest absolute Gasteiger partial charge is 0.496 e. The Hall–Kier alpha value is -3.46. The molecule has 2 aliphatic rings. The van der Waals surface area contributed by atoms with Crippen molar-refractivity contribution in [3.8, 4) is 17.1 Å². The molecule has 0 aliphatic carbocycles. The molecular formula is C24H29N7O2. The zero-order chi connectivity index (χ0) is 22.8. The first-order valence-electron chi connectivity index (χ1n) is 11.4. The molecule has 0 amide bonds. The Bertz CT molecular complexity index is 1180. The monoisotopic (exact) mass is 447 g/mol. The Kier molecular flexibility index (Phi) is 5.95. The zero-order valence-electron chi connectivity index (χ0n) is 19.1. The van der Waals surface area contributed by atoms with Gasteiger partial charge in [0.2, 0.25) is 5.95 Å². The first-order chi connectivity index (χ1) is 16.1. The molecule has 1 N–H and O–H groups in total. The molecule has 9 nitrogen and oxygen atoms in total. The molecule has 4 heterocycles. The van der Waals surface area contributed by atoms with E-state index in [1.54, 1.807) is 31.0 Å². The zero-order valence-corrected chi connectivity index (χ0v) is 19.1. The molecule has 33 heavy (non-hydrogen) atoms. The highest BCUT2D eigenvalue weighted by Crippen LogP contribution is 2.33. The maximum absolute atomic E-state index is 12.7. The number of methoxy groups -OCH3 is 1. The highest BCUT2D eigenvalue weighted by Gasteiger charge is 2.27. The minimum absolute atomic E-state index is 0.0517. The van der Waals surface area contributed by atoms with Crippen LogP contribution in [0.25, 0.3) is 11.4 Å². The van der Waals surface area contributed by atoms with Gasteiger partial charge in [0.1, 0.15) is 12.1 Å². The summed E-state index contributed by atoms with van der Waals surface area (Å²) >= 11 is 0. The highest BCUT2D eigenvalue weighted by molar-refractivity contribution is 5.57. The summed E-state index contributed by atoms with van der Waals surface area (Å²) < 4.78 is 7.32. The van der Waals surface area contributed by atoms with Crippen LogP contribution >= 0.6 is 0 Å². The highest BCUT2D eigenvalue weighted by atomic mass is 16.5. The van der Waals surface area contributed by atoms with Gasteiger partial charge in [-0.15, -0.1) is 0 Å². The lowest BCUT2D eigenvalue weighted by Crippen LogP contribution is -2.48. The van der Waals surface area contributed by atoms with Crippen molar-refractivity contribution in [1.82, 2.24) is 24.8 Å². The van der Waals surface area contributed by atoms with E-state index in [1.807, 2.05) is 0 Å². The van der Waals surface area contributed by atoms with Gasteiger partial charge in [0.05, 0.1) is 24.5 Å². The summed E-state index contributed by atoms with van der Waals surface area (Å²) in [6.45, 7) is 4.39. The van der Waals surface area contributed by atoms with E-state index in [0.29, 0.717) is 23.9 Å². The SMILES string of the molecule is COc1ccc(N2CCCC2)cc1C1CN(c2nc(-c3ccncn3)cc(=O)n2C)CCN1. The van der Waals surface area contributed by atoms with E-state index in [0.717, 1.165) is 37.5 Å². The van der Waals surface area contributed by atoms with Gasteiger partial charge in [-0.25, -0.2) is 15.0 Å². The van der Waals surface area contributed by atoms with Gasteiger partial charge in [0.25, 0.3) is 5.56 Å². The van der Waals surface area contributed by atoms with E-state index in [-0.39, 0.29) is 11.6 Å². The number of piperazine rings is 1. The fourth-order valence-electron chi connectivity index (χ4n) is 4.69. The molecule has 1 atom stereocenters. The van der Waals surface area contributed by atoms with Crippen LogP contribution in [0, 0.1) is 0 Å². The van der Waals surface area contributed by atoms with E-state index in [2.05, 4.69) is 43.3 Å². The van der Waals surface area contributed by atoms with Crippen molar-refractivity contribution in [2.75, 3.05) is 49.6 Å². The number of anilines is 2. The molecule has 0 saturated carbocycles. The van der Waals surface area contributed by atoms with Crippen LogP contribution in [-0.2, 0) is 7.05 Å². The summed E-state index contributed by atoms with van der Waals surface area (Å²) in [5.41, 5.74) is 3.44. The van der Waals surface area contributed by atoms with Crippen LogP contribution < -0.4 is 25.4 Å². The maximum atomic E-state index is 12.7. The fourth-order valence-corrected chi connectivity index (χ4v) is 4.69. The molecule has 0 radical (unpaired) electrons. The molecule has 5 rings (SSSR count). The van der Waals surface area contributed by atoms with Crippen LogP contribution in [0.1, 0.15) is 24.4 Å². The number of aromatic nitrogens is 4. The van der Waals surface area contributed by atoms with Gasteiger partial charge in [-0.2, -0.15) is 0 Å². The second-order valence-electron chi connectivity index (χ2n) is 8.51. The smallest absolute Gasteiger partial charge is 0.255 e. The Morgan fingerprint density at radius 1 is 1.06 bits per heavy atom. The Morgan fingerprint density at radius 2 is 1.91 bits per heavy atom. The van der Waals surface area contributed by atoms with Crippen molar-refractivity contribution < 1.29 is 4.74 Å². The van der Waals surface area contributed by atoms with Crippen molar-refractivity contribution in [2.45, 2.75) is 18.9 Å². The average molecular weight is 448 g/mol. The lowest BCUT2D eigenvalue weighted by molar-refractivity contribution is 0.390. The lowest BCUT2D eigenvalue weighted by atomic mass is 10.0. The van der Waals surface area contributed by atoms with Crippen LogP contribution in [0.4, 0.5) is 11.6 Å². The molecule has 9 heteroatoms. The van der Waals surface area contributed by atoms with E-state index < -0.39 is 0 Å².